The first-order valence-electron chi connectivity index (χ1n) is 11.0. The molecule has 0 aliphatic carbocycles. The molecule has 0 atom stereocenters. The molecule has 4 aromatic rings. The van der Waals surface area contributed by atoms with Gasteiger partial charge in [-0.3, -0.25) is 9.36 Å². The molecule has 9 nitrogen and oxygen atoms in total. The molecule has 0 spiro atoms. The van der Waals surface area contributed by atoms with Crippen LogP contribution in [0.25, 0.3) is 16.9 Å². The predicted octanol–water partition coefficient (Wildman–Crippen LogP) is 4.37. The van der Waals surface area contributed by atoms with Crippen molar-refractivity contribution in [3.8, 4) is 22.8 Å². The van der Waals surface area contributed by atoms with E-state index in [4.69, 9.17) is 20.8 Å². The largest absolute Gasteiger partial charge is 0.470 e. The van der Waals surface area contributed by atoms with Crippen molar-refractivity contribution < 1.29 is 14.3 Å². The van der Waals surface area contributed by atoms with E-state index in [-0.39, 0.29) is 17.5 Å². The van der Waals surface area contributed by atoms with E-state index in [1.807, 2.05) is 32.0 Å². The Balaban J connectivity index is 1.76. The smallest absolute Gasteiger partial charge is 0.280 e. The quantitative estimate of drug-likeness (QED) is 0.419. The minimum atomic E-state index is -1.19. The zero-order valence-corrected chi connectivity index (χ0v) is 21.1. The molecule has 182 valence electrons. The Morgan fingerprint density at radius 1 is 1.11 bits per heavy atom. The van der Waals surface area contributed by atoms with Gasteiger partial charge in [0.1, 0.15) is 30.0 Å². The van der Waals surface area contributed by atoms with E-state index >= 15 is 0 Å². The summed E-state index contributed by atoms with van der Waals surface area (Å²) < 4.78 is 12.3. The van der Waals surface area contributed by atoms with Gasteiger partial charge in [0.2, 0.25) is 5.88 Å². The van der Waals surface area contributed by atoms with Crippen LogP contribution < -0.4 is 10.3 Å². The molecule has 0 saturated heterocycles. The molecule has 0 aliphatic heterocycles. The Kier molecular flexibility index (Phi) is 6.48. The SMILES string of the molecule is Cc1nc(COc2nc(C)n(-c3cc(-c4nc(C(C)(C)O)ncc4C)ccc3C)c(=O)c2Cl)co1. The van der Waals surface area contributed by atoms with Crippen LogP contribution in [-0.2, 0) is 12.2 Å². The molecule has 0 fully saturated rings. The van der Waals surface area contributed by atoms with E-state index in [0.717, 1.165) is 16.7 Å². The number of ether oxygens (including phenoxy) is 1. The molecule has 0 radical (unpaired) electrons. The van der Waals surface area contributed by atoms with E-state index in [2.05, 4.69) is 19.9 Å². The predicted molar refractivity (Wildman–Crippen MR) is 131 cm³/mol. The summed E-state index contributed by atoms with van der Waals surface area (Å²) in [5, 5.41) is 10.2. The molecule has 0 bridgehead atoms. The maximum Gasteiger partial charge on any atom is 0.280 e. The van der Waals surface area contributed by atoms with Crippen molar-refractivity contribution in [1.29, 1.82) is 0 Å². The molecular weight excluding hydrogens is 470 g/mol. The standard InChI is InChI=1S/C25H26ClN5O4/c1-13-7-8-17(21-14(2)10-27-24(30-21)25(5,6)33)9-19(13)31-15(3)28-22(20(26)23(31)32)35-12-18-11-34-16(4)29-18/h7-11,33H,12H2,1-6H3. The van der Waals surface area contributed by atoms with Crippen molar-refractivity contribution in [1.82, 2.24) is 24.5 Å². The monoisotopic (exact) mass is 495 g/mol. The Labute approximate surface area is 207 Å². The molecule has 0 aliphatic rings. The number of hydrogen-bond acceptors (Lipinski definition) is 8. The lowest BCUT2D eigenvalue weighted by molar-refractivity contribution is 0.0688. The van der Waals surface area contributed by atoms with Gasteiger partial charge in [-0.25, -0.2) is 15.0 Å². The first-order chi connectivity index (χ1) is 16.5. The van der Waals surface area contributed by atoms with E-state index in [1.54, 1.807) is 33.9 Å². The van der Waals surface area contributed by atoms with Gasteiger partial charge in [-0.1, -0.05) is 23.7 Å². The van der Waals surface area contributed by atoms with E-state index < -0.39 is 11.2 Å². The lowest BCUT2D eigenvalue weighted by Gasteiger charge is -2.18. The first kappa shape index (κ1) is 24.6. The third-order valence-corrected chi connectivity index (χ3v) is 5.75. The van der Waals surface area contributed by atoms with Crippen LogP contribution in [0, 0.1) is 27.7 Å². The summed E-state index contributed by atoms with van der Waals surface area (Å²) in [4.78, 5) is 30.7. The molecule has 35 heavy (non-hydrogen) atoms. The molecule has 1 N–H and O–H groups in total. The van der Waals surface area contributed by atoms with Crippen LogP contribution in [-0.4, -0.2) is 29.6 Å². The average Bonchev–Trinajstić information content (AvgIpc) is 3.21. The van der Waals surface area contributed by atoms with Crippen LogP contribution in [0.1, 0.15) is 48.2 Å². The number of oxazole rings is 1. The third-order valence-electron chi connectivity index (χ3n) is 5.43. The summed E-state index contributed by atoms with van der Waals surface area (Å²) in [6, 6.07) is 5.66. The Morgan fingerprint density at radius 2 is 1.86 bits per heavy atom. The summed E-state index contributed by atoms with van der Waals surface area (Å²) in [6.45, 7) is 10.5. The van der Waals surface area contributed by atoms with E-state index in [9.17, 15) is 9.90 Å². The van der Waals surface area contributed by atoms with Gasteiger partial charge in [0.25, 0.3) is 5.56 Å². The Morgan fingerprint density at radius 3 is 2.51 bits per heavy atom. The summed E-state index contributed by atoms with van der Waals surface area (Å²) in [5.41, 5.74) is 2.63. The minimum absolute atomic E-state index is 0.0290. The van der Waals surface area contributed by atoms with Gasteiger partial charge in [0.05, 0.1) is 11.4 Å². The van der Waals surface area contributed by atoms with Crippen molar-refractivity contribution >= 4 is 11.6 Å². The van der Waals surface area contributed by atoms with Gasteiger partial charge in [-0.15, -0.1) is 0 Å². The lowest BCUT2D eigenvalue weighted by Crippen LogP contribution is -2.24. The topological polar surface area (TPSA) is 116 Å². The highest BCUT2D eigenvalue weighted by molar-refractivity contribution is 6.31. The average molecular weight is 496 g/mol. The highest BCUT2D eigenvalue weighted by Gasteiger charge is 2.22. The molecule has 4 rings (SSSR count). The molecule has 1 aromatic carbocycles. The van der Waals surface area contributed by atoms with Crippen molar-refractivity contribution in [3.05, 3.63) is 80.4 Å². The highest BCUT2D eigenvalue weighted by atomic mass is 35.5. The van der Waals surface area contributed by atoms with Gasteiger partial charge in [-0.05, 0) is 51.8 Å². The first-order valence-corrected chi connectivity index (χ1v) is 11.3. The fourth-order valence-electron chi connectivity index (χ4n) is 3.61. The maximum absolute atomic E-state index is 13.3. The van der Waals surface area contributed by atoms with Crippen molar-refractivity contribution in [2.24, 2.45) is 0 Å². The van der Waals surface area contributed by atoms with Crippen LogP contribution in [0.5, 0.6) is 5.88 Å². The van der Waals surface area contributed by atoms with E-state index in [1.165, 1.54) is 10.8 Å². The van der Waals surface area contributed by atoms with Crippen molar-refractivity contribution in [3.63, 3.8) is 0 Å². The van der Waals surface area contributed by atoms with Gasteiger partial charge < -0.3 is 14.3 Å². The van der Waals surface area contributed by atoms with Crippen molar-refractivity contribution in [2.45, 2.75) is 53.8 Å². The Bertz CT molecular complexity index is 1470. The number of nitrogens with zero attached hydrogens (tertiary/aromatic N) is 5. The fourth-order valence-corrected chi connectivity index (χ4v) is 3.79. The van der Waals surface area contributed by atoms with Crippen LogP contribution in [0.15, 0.2) is 39.9 Å². The zero-order chi connectivity index (χ0) is 25.5. The molecule has 0 amide bonds. The van der Waals surface area contributed by atoms with E-state index in [0.29, 0.717) is 34.6 Å². The number of benzene rings is 1. The van der Waals surface area contributed by atoms with Gasteiger partial charge in [-0.2, -0.15) is 4.98 Å². The number of aryl methyl sites for hydroxylation is 4. The molecule has 0 unspecified atom stereocenters. The van der Waals surface area contributed by atoms with Crippen LogP contribution in [0.3, 0.4) is 0 Å². The number of halogens is 1. The van der Waals surface area contributed by atoms with Crippen LogP contribution >= 0.6 is 11.6 Å². The molecule has 3 heterocycles. The minimum Gasteiger partial charge on any atom is -0.470 e. The zero-order valence-electron chi connectivity index (χ0n) is 20.4. The number of rotatable bonds is 6. The second kappa shape index (κ2) is 9.24. The number of aliphatic hydroxyl groups is 1. The van der Waals surface area contributed by atoms with Gasteiger partial charge in [0.15, 0.2) is 16.7 Å². The van der Waals surface area contributed by atoms with Crippen LogP contribution in [0.4, 0.5) is 0 Å². The number of hydrogen-bond donors (Lipinski definition) is 1. The van der Waals surface area contributed by atoms with Gasteiger partial charge in [0, 0.05) is 18.7 Å². The summed E-state index contributed by atoms with van der Waals surface area (Å²) in [6.07, 6.45) is 3.15. The van der Waals surface area contributed by atoms with Crippen molar-refractivity contribution in [2.75, 3.05) is 0 Å². The normalized spacial score (nSPS) is 11.7. The van der Waals surface area contributed by atoms with Crippen LogP contribution in [0.2, 0.25) is 5.02 Å². The number of aromatic nitrogens is 5. The van der Waals surface area contributed by atoms with Gasteiger partial charge >= 0.3 is 0 Å². The second-order valence-electron chi connectivity index (χ2n) is 8.85. The second-order valence-corrected chi connectivity index (χ2v) is 9.23. The third kappa shape index (κ3) is 4.96. The molecule has 0 saturated carbocycles. The summed E-state index contributed by atoms with van der Waals surface area (Å²) in [5.74, 6) is 1.25. The molecule has 3 aromatic heterocycles. The summed E-state index contributed by atoms with van der Waals surface area (Å²) in [7, 11) is 0. The lowest BCUT2D eigenvalue weighted by atomic mass is 10.0. The highest BCUT2D eigenvalue weighted by Crippen LogP contribution is 2.28. The molecular formula is C25H26ClN5O4. The molecule has 10 heteroatoms. The maximum atomic E-state index is 13.3. The Hall–Kier alpha value is -3.56. The fraction of sp³-hybridized carbons (Fsp3) is 0.320. The summed E-state index contributed by atoms with van der Waals surface area (Å²) >= 11 is 6.38.